The zero-order valence-corrected chi connectivity index (χ0v) is 14.8. The molecular weight excluding hydrogens is 358 g/mol. The van der Waals surface area contributed by atoms with Crippen LogP contribution in [0.15, 0.2) is 30.5 Å². The van der Waals surface area contributed by atoms with Gasteiger partial charge < -0.3 is 10.2 Å². The van der Waals surface area contributed by atoms with Gasteiger partial charge in [-0.2, -0.15) is 4.98 Å². The van der Waals surface area contributed by atoms with Gasteiger partial charge in [-0.05, 0) is 35.6 Å². The molecule has 0 bridgehead atoms. The molecule has 1 saturated heterocycles. The molecule has 26 heavy (non-hydrogen) atoms. The lowest BCUT2D eigenvalue weighted by atomic mass is 10.1. The predicted molar refractivity (Wildman–Crippen MR) is 97.0 cm³/mol. The zero-order chi connectivity index (χ0) is 18.5. The summed E-state index contributed by atoms with van der Waals surface area (Å²) in [6.07, 6.45) is 3.62. The predicted octanol–water partition coefficient (Wildman–Crippen LogP) is 2.82. The number of nitrogens with zero attached hydrogens (tertiary/aromatic N) is 4. The lowest BCUT2D eigenvalue weighted by Crippen LogP contribution is -2.29. The van der Waals surface area contributed by atoms with E-state index in [1.165, 1.54) is 0 Å². The minimum atomic E-state index is -0.564. The summed E-state index contributed by atoms with van der Waals surface area (Å²) in [5.74, 6) is 0.225. The first-order chi connectivity index (χ1) is 12.5. The van der Waals surface area contributed by atoms with E-state index >= 15 is 0 Å². The molecule has 0 saturated carbocycles. The van der Waals surface area contributed by atoms with Crippen LogP contribution in [0.5, 0.6) is 0 Å². The normalized spacial score (nSPS) is 13.7. The Balaban J connectivity index is 1.60. The average Bonchev–Trinajstić information content (AvgIpc) is 3.16. The van der Waals surface area contributed by atoms with E-state index in [1.54, 1.807) is 0 Å². The summed E-state index contributed by atoms with van der Waals surface area (Å²) in [5.41, 5.74) is 1.62. The SMILES string of the molecule is O=C(Cc1ccc(CNc2nc(Cl)ncc2[N+](=O)[O-])cc1)N1CCCC1. The molecule has 1 N–H and O–H groups in total. The van der Waals surface area contributed by atoms with Gasteiger partial charge in [-0.15, -0.1) is 0 Å². The highest BCUT2D eigenvalue weighted by Crippen LogP contribution is 2.22. The number of anilines is 1. The molecule has 0 atom stereocenters. The van der Waals surface area contributed by atoms with Crippen molar-refractivity contribution in [2.75, 3.05) is 18.4 Å². The summed E-state index contributed by atoms with van der Waals surface area (Å²) in [4.78, 5) is 32.0. The summed E-state index contributed by atoms with van der Waals surface area (Å²) < 4.78 is 0. The smallest absolute Gasteiger partial charge is 0.329 e. The molecule has 1 aromatic heterocycles. The number of hydrogen-bond acceptors (Lipinski definition) is 6. The monoisotopic (exact) mass is 375 g/mol. The van der Waals surface area contributed by atoms with E-state index in [0.717, 1.165) is 43.3 Å². The van der Waals surface area contributed by atoms with Crippen molar-refractivity contribution >= 4 is 29.0 Å². The summed E-state index contributed by atoms with van der Waals surface area (Å²) >= 11 is 5.71. The number of carbonyl (C=O) groups excluding carboxylic acids is 1. The van der Waals surface area contributed by atoms with Crippen LogP contribution in [0.4, 0.5) is 11.5 Å². The molecule has 0 spiro atoms. The van der Waals surface area contributed by atoms with Crippen molar-refractivity contribution in [2.45, 2.75) is 25.8 Å². The summed E-state index contributed by atoms with van der Waals surface area (Å²) in [6.45, 7) is 2.04. The van der Waals surface area contributed by atoms with E-state index in [2.05, 4.69) is 15.3 Å². The minimum Gasteiger partial charge on any atom is -0.360 e. The largest absolute Gasteiger partial charge is 0.360 e. The van der Waals surface area contributed by atoms with Crippen molar-refractivity contribution in [3.05, 3.63) is 57.0 Å². The summed E-state index contributed by atoms with van der Waals surface area (Å²) in [6, 6.07) is 7.56. The van der Waals surface area contributed by atoms with Gasteiger partial charge in [-0.1, -0.05) is 24.3 Å². The molecule has 1 aliphatic heterocycles. The van der Waals surface area contributed by atoms with Crippen molar-refractivity contribution in [1.82, 2.24) is 14.9 Å². The van der Waals surface area contributed by atoms with Gasteiger partial charge in [-0.3, -0.25) is 14.9 Å². The van der Waals surface area contributed by atoms with Crippen molar-refractivity contribution in [2.24, 2.45) is 0 Å². The Morgan fingerprint density at radius 3 is 2.54 bits per heavy atom. The molecule has 136 valence electrons. The molecule has 0 unspecified atom stereocenters. The third-order valence-electron chi connectivity index (χ3n) is 4.23. The van der Waals surface area contributed by atoms with Gasteiger partial charge in [0.25, 0.3) is 0 Å². The summed E-state index contributed by atoms with van der Waals surface area (Å²) in [5, 5.41) is 13.9. The van der Waals surface area contributed by atoms with Gasteiger partial charge in [0, 0.05) is 19.6 Å². The maximum absolute atomic E-state index is 12.2. The number of hydrogen-bond donors (Lipinski definition) is 1. The lowest BCUT2D eigenvalue weighted by molar-refractivity contribution is -0.384. The Kier molecular flexibility index (Phi) is 5.62. The molecule has 1 aromatic carbocycles. The molecule has 0 aliphatic carbocycles. The van der Waals surface area contributed by atoms with Crippen molar-refractivity contribution in [3.63, 3.8) is 0 Å². The number of aromatic nitrogens is 2. The van der Waals surface area contributed by atoms with Gasteiger partial charge in [0.2, 0.25) is 17.0 Å². The topological polar surface area (TPSA) is 101 Å². The zero-order valence-electron chi connectivity index (χ0n) is 14.0. The van der Waals surface area contributed by atoms with Crippen molar-refractivity contribution < 1.29 is 9.72 Å². The van der Waals surface area contributed by atoms with Gasteiger partial charge in [0.1, 0.15) is 6.20 Å². The molecule has 9 heteroatoms. The molecule has 2 aromatic rings. The first kappa shape index (κ1) is 18.1. The van der Waals surface area contributed by atoms with Crippen LogP contribution in [-0.2, 0) is 17.8 Å². The Hall–Kier alpha value is -2.74. The van der Waals surface area contributed by atoms with Crippen LogP contribution < -0.4 is 5.32 Å². The Morgan fingerprint density at radius 1 is 1.23 bits per heavy atom. The highest BCUT2D eigenvalue weighted by molar-refractivity contribution is 6.28. The third kappa shape index (κ3) is 4.45. The van der Waals surface area contributed by atoms with E-state index in [4.69, 9.17) is 11.6 Å². The number of likely N-dealkylation sites (tertiary alicyclic amines) is 1. The molecule has 0 radical (unpaired) electrons. The van der Waals surface area contributed by atoms with E-state index in [0.29, 0.717) is 13.0 Å². The van der Waals surface area contributed by atoms with Crippen LogP contribution >= 0.6 is 11.6 Å². The van der Waals surface area contributed by atoms with Gasteiger partial charge >= 0.3 is 5.69 Å². The number of carbonyl (C=O) groups is 1. The Labute approximate surface area is 155 Å². The molecule has 1 aliphatic rings. The Morgan fingerprint density at radius 2 is 1.88 bits per heavy atom. The fraction of sp³-hybridized carbons (Fsp3) is 0.353. The van der Waals surface area contributed by atoms with Crippen LogP contribution in [0.1, 0.15) is 24.0 Å². The second kappa shape index (κ2) is 8.09. The quantitative estimate of drug-likeness (QED) is 0.473. The highest BCUT2D eigenvalue weighted by atomic mass is 35.5. The standard InChI is InChI=1S/C17H18ClN5O3/c18-17-20-11-14(23(25)26)16(21-17)19-10-13-5-3-12(4-6-13)9-15(24)22-7-1-2-8-22/h3-6,11H,1-2,7-10H2,(H,19,20,21). The van der Waals surface area contributed by atoms with Gasteiger partial charge in [0.05, 0.1) is 11.3 Å². The number of nitrogens with one attached hydrogen (secondary N) is 1. The van der Waals surface area contributed by atoms with E-state index in [-0.39, 0.29) is 22.7 Å². The van der Waals surface area contributed by atoms with Crippen LogP contribution in [0.25, 0.3) is 0 Å². The number of rotatable bonds is 6. The van der Waals surface area contributed by atoms with Crippen LogP contribution in [-0.4, -0.2) is 38.8 Å². The number of amides is 1. The van der Waals surface area contributed by atoms with E-state index in [1.807, 2.05) is 29.2 Å². The minimum absolute atomic E-state index is 0.0612. The fourth-order valence-electron chi connectivity index (χ4n) is 2.83. The van der Waals surface area contributed by atoms with Crippen LogP contribution in [0.2, 0.25) is 5.28 Å². The Bertz CT molecular complexity index is 807. The fourth-order valence-corrected chi connectivity index (χ4v) is 2.96. The lowest BCUT2D eigenvalue weighted by Gasteiger charge is -2.15. The number of nitro groups is 1. The molecular formula is C17H18ClN5O3. The first-order valence-corrected chi connectivity index (χ1v) is 8.67. The van der Waals surface area contributed by atoms with Gasteiger partial charge in [-0.25, -0.2) is 4.98 Å². The number of halogens is 1. The average molecular weight is 376 g/mol. The highest BCUT2D eigenvalue weighted by Gasteiger charge is 2.18. The maximum atomic E-state index is 12.2. The van der Waals surface area contributed by atoms with Gasteiger partial charge in [0.15, 0.2) is 0 Å². The molecule has 8 nitrogen and oxygen atoms in total. The van der Waals surface area contributed by atoms with Crippen molar-refractivity contribution in [3.8, 4) is 0 Å². The first-order valence-electron chi connectivity index (χ1n) is 8.29. The molecule has 2 heterocycles. The van der Waals surface area contributed by atoms with Crippen LogP contribution in [0.3, 0.4) is 0 Å². The third-order valence-corrected chi connectivity index (χ3v) is 4.42. The van der Waals surface area contributed by atoms with Crippen molar-refractivity contribution in [1.29, 1.82) is 0 Å². The molecule has 1 fully saturated rings. The second-order valence-corrected chi connectivity index (χ2v) is 6.40. The second-order valence-electron chi connectivity index (χ2n) is 6.06. The summed E-state index contributed by atoms with van der Waals surface area (Å²) in [7, 11) is 0. The maximum Gasteiger partial charge on any atom is 0.329 e. The van der Waals surface area contributed by atoms with E-state index < -0.39 is 4.92 Å². The van der Waals surface area contributed by atoms with E-state index in [9.17, 15) is 14.9 Å². The molecule has 3 rings (SSSR count). The van der Waals surface area contributed by atoms with Crippen LogP contribution in [0, 0.1) is 10.1 Å². The number of benzene rings is 1. The molecule has 1 amide bonds.